The molecule has 0 bridgehead atoms. The minimum absolute atomic E-state index is 0.265. The van der Waals surface area contributed by atoms with Gasteiger partial charge in [-0.1, -0.05) is 44.9 Å². The Morgan fingerprint density at radius 3 is 2.42 bits per heavy atom. The molecule has 0 aromatic rings. The van der Waals surface area contributed by atoms with E-state index in [1.165, 1.54) is 31.0 Å². The zero-order chi connectivity index (χ0) is 14.5. The second kappa shape index (κ2) is 12.4. The highest BCUT2D eigenvalue weighted by Gasteiger charge is 2.09. The van der Waals surface area contributed by atoms with Crippen LogP contribution in [-0.4, -0.2) is 35.1 Å². The third-order valence-corrected chi connectivity index (χ3v) is 6.94. The van der Waals surface area contributed by atoms with Crippen LogP contribution in [-0.2, 0) is 14.3 Å². The fraction of sp³-hybridized carbons (Fsp3) is 0.800. The Balaban J connectivity index is 3.53. The van der Waals surface area contributed by atoms with Crippen LogP contribution in [0.25, 0.3) is 0 Å². The van der Waals surface area contributed by atoms with Crippen LogP contribution in [0, 0.1) is 0 Å². The van der Waals surface area contributed by atoms with Crippen molar-refractivity contribution in [2.45, 2.75) is 57.7 Å². The van der Waals surface area contributed by atoms with Crippen molar-refractivity contribution in [2.75, 3.05) is 20.3 Å². The maximum atomic E-state index is 11.2. The number of hydrogen-bond acceptors (Lipinski definition) is 3. The number of carbonyl (C=O) groups excluding carboxylic acids is 1. The van der Waals surface area contributed by atoms with Gasteiger partial charge in [0.25, 0.3) is 0 Å². The summed E-state index contributed by atoms with van der Waals surface area (Å²) >= 11 is 0. The molecule has 0 aromatic carbocycles. The number of carbonyl (C=O) groups is 1. The molecule has 0 aliphatic heterocycles. The lowest BCUT2D eigenvalue weighted by Gasteiger charge is -2.13. The van der Waals surface area contributed by atoms with Gasteiger partial charge in [-0.15, -0.1) is 0 Å². The van der Waals surface area contributed by atoms with Gasteiger partial charge in [0.1, 0.15) is 0 Å². The summed E-state index contributed by atoms with van der Waals surface area (Å²) in [6.07, 6.45) is 4.70. The van der Waals surface area contributed by atoms with Crippen LogP contribution in [0.3, 0.4) is 0 Å². The van der Waals surface area contributed by atoms with E-state index in [1.54, 1.807) is 14.0 Å². The quantitative estimate of drug-likeness (QED) is 0.238. The number of rotatable bonds is 12. The normalized spacial score (nSPS) is 12.2. The molecule has 4 heteroatoms. The number of ether oxygens (including phenoxy) is 2. The molecule has 0 saturated heterocycles. The van der Waals surface area contributed by atoms with Crippen molar-refractivity contribution < 1.29 is 14.3 Å². The Bertz CT molecular complexity index is 254. The summed E-state index contributed by atoms with van der Waals surface area (Å²) in [4.78, 5) is 11.2. The first-order chi connectivity index (χ1) is 9.11. The first-order valence-corrected chi connectivity index (χ1v) is 9.88. The highest BCUT2D eigenvalue weighted by molar-refractivity contribution is 6.58. The predicted octanol–water partition coefficient (Wildman–Crippen LogP) is 3.56. The highest BCUT2D eigenvalue weighted by atomic mass is 28.3. The maximum Gasteiger partial charge on any atom is 0.333 e. The van der Waals surface area contributed by atoms with Gasteiger partial charge in [-0.2, -0.15) is 0 Å². The molecule has 0 N–H and O–H groups in total. The summed E-state index contributed by atoms with van der Waals surface area (Å²) in [6.45, 7) is 8.96. The summed E-state index contributed by atoms with van der Waals surface area (Å²) in [7, 11) is 1.20. The number of methoxy groups -OCH3 is 1. The Morgan fingerprint density at radius 2 is 1.84 bits per heavy atom. The molecule has 1 unspecified atom stereocenters. The van der Waals surface area contributed by atoms with Crippen molar-refractivity contribution in [1.29, 1.82) is 0 Å². The maximum absolute atomic E-state index is 11.2. The lowest BCUT2D eigenvalue weighted by Crippen LogP contribution is -2.14. The van der Waals surface area contributed by atoms with Gasteiger partial charge in [0.2, 0.25) is 0 Å². The summed E-state index contributed by atoms with van der Waals surface area (Å²) < 4.78 is 10.3. The molecule has 0 fully saturated rings. The molecule has 1 atom stereocenters. The Morgan fingerprint density at radius 1 is 1.11 bits per heavy atom. The molecule has 112 valence electrons. The minimum Gasteiger partial charge on any atom is -0.462 e. The monoisotopic (exact) mass is 286 g/mol. The van der Waals surface area contributed by atoms with Crippen LogP contribution in [0.2, 0.25) is 18.1 Å². The molecule has 3 nitrogen and oxygen atoms in total. The summed E-state index contributed by atoms with van der Waals surface area (Å²) in [5, 5.41) is 0. The standard InChI is InChI=1S/C15H30O3Si/c1-5-11-19(13-10-17-4)12-8-6-7-9-18-15(16)14(2)3/h19H,2,5-13H2,1,3-4H3. The predicted molar refractivity (Wildman–Crippen MR) is 83.4 cm³/mol. The van der Waals surface area contributed by atoms with E-state index in [9.17, 15) is 4.79 Å². The molecule has 0 radical (unpaired) electrons. The zero-order valence-corrected chi connectivity index (χ0v) is 14.0. The van der Waals surface area contributed by atoms with Crippen molar-refractivity contribution in [1.82, 2.24) is 0 Å². The summed E-state index contributed by atoms with van der Waals surface area (Å²) in [5.41, 5.74) is 0.481. The molecule has 0 heterocycles. The van der Waals surface area contributed by atoms with Crippen molar-refractivity contribution in [2.24, 2.45) is 0 Å². The topological polar surface area (TPSA) is 35.5 Å². The second-order valence-corrected chi connectivity index (χ2v) is 8.67. The van der Waals surface area contributed by atoms with Crippen LogP contribution in [0.5, 0.6) is 0 Å². The summed E-state index contributed by atoms with van der Waals surface area (Å²) in [5.74, 6) is -0.265. The van der Waals surface area contributed by atoms with E-state index in [4.69, 9.17) is 9.47 Å². The molecule has 0 saturated carbocycles. The zero-order valence-electron chi connectivity index (χ0n) is 12.9. The van der Waals surface area contributed by atoms with Gasteiger partial charge >= 0.3 is 5.97 Å². The molecule has 0 aliphatic carbocycles. The van der Waals surface area contributed by atoms with Crippen LogP contribution >= 0.6 is 0 Å². The van der Waals surface area contributed by atoms with Crippen molar-refractivity contribution >= 4 is 14.8 Å². The van der Waals surface area contributed by atoms with E-state index in [0.717, 1.165) is 19.4 Å². The van der Waals surface area contributed by atoms with E-state index >= 15 is 0 Å². The van der Waals surface area contributed by atoms with Gasteiger partial charge in [0.15, 0.2) is 0 Å². The van der Waals surface area contributed by atoms with Crippen LogP contribution in [0.15, 0.2) is 12.2 Å². The van der Waals surface area contributed by atoms with E-state index < -0.39 is 8.80 Å². The fourth-order valence-corrected chi connectivity index (χ4v) is 5.24. The molecular formula is C15H30O3Si. The fourth-order valence-electron chi connectivity index (χ4n) is 2.13. The average molecular weight is 286 g/mol. The van der Waals surface area contributed by atoms with E-state index in [2.05, 4.69) is 13.5 Å². The van der Waals surface area contributed by atoms with Crippen molar-refractivity contribution in [3.8, 4) is 0 Å². The third-order valence-electron chi connectivity index (χ3n) is 3.27. The third kappa shape index (κ3) is 11.0. The van der Waals surface area contributed by atoms with Gasteiger partial charge in [-0.05, 0) is 19.4 Å². The van der Waals surface area contributed by atoms with E-state index in [0.29, 0.717) is 12.2 Å². The van der Waals surface area contributed by atoms with Gasteiger partial charge in [0.05, 0.1) is 6.61 Å². The summed E-state index contributed by atoms with van der Waals surface area (Å²) in [6, 6.07) is 4.12. The second-order valence-electron chi connectivity index (χ2n) is 5.20. The first kappa shape index (κ1) is 18.4. The Labute approximate surface area is 120 Å². The molecule has 0 amide bonds. The molecular weight excluding hydrogens is 256 g/mol. The molecule has 19 heavy (non-hydrogen) atoms. The van der Waals surface area contributed by atoms with E-state index in [1.807, 2.05) is 0 Å². The Hall–Kier alpha value is -0.613. The average Bonchev–Trinajstić information content (AvgIpc) is 2.39. The molecule has 0 rings (SSSR count). The smallest absolute Gasteiger partial charge is 0.333 e. The van der Waals surface area contributed by atoms with Crippen LogP contribution in [0.4, 0.5) is 0 Å². The van der Waals surface area contributed by atoms with Gasteiger partial charge in [0, 0.05) is 28.1 Å². The SMILES string of the molecule is C=C(C)C(=O)OCCCCC[SiH](CCC)CCOC. The van der Waals surface area contributed by atoms with Crippen LogP contribution in [0.1, 0.15) is 39.5 Å². The molecule has 0 spiro atoms. The Kier molecular flexibility index (Phi) is 12.0. The van der Waals surface area contributed by atoms with Gasteiger partial charge < -0.3 is 9.47 Å². The van der Waals surface area contributed by atoms with Crippen molar-refractivity contribution in [3.63, 3.8) is 0 Å². The van der Waals surface area contributed by atoms with Gasteiger partial charge in [-0.25, -0.2) is 4.79 Å². The lowest BCUT2D eigenvalue weighted by atomic mass is 10.3. The first-order valence-electron chi connectivity index (χ1n) is 7.43. The van der Waals surface area contributed by atoms with Crippen molar-refractivity contribution in [3.05, 3.63) is 12.2 Å². The minimum atomic E-state index is -0.586. The molecule has 0 aliphatic rings. The number of unbranched alkanes of at least 4 members (excludes halogenated alkanes) is 2. The van der Waals surface area contributed by atoms with Crippen LogP contribution < -0.4 is 0 Å². The lowest BCUT2D eigenvalue weighted by molar-refractivity contribution is -0.139. The largest absolute Gasteiger partial charge is 0.462 e. The molecule has 0 aromatic heterocycles. The number of esters is 1. The highest BCUT2D eigenvalue weighted by Crippen LogP contribution is 2.13. The van der Waals surface area contributed by atoms with Gasteiger partial charge in [-0.3, -0.25) is 0 Å². The number of hydrogen-bond donors (Lipinski definition) is 0. The van der Waals surface area contributed by atoms with E-state index in [-0.39, 0.29) is 5.97 Å².